The van der Waals surface area contributed by atoms with Gasteiger partial charge in [-0.1, -0.05) is 30.3 Å². The number of likely N-dealkylation sites (tertiary alicyclic amines) is 1. The van der Waals surface area contributed by atoms with Crippen molar-refractivity contribution in [3.8, 4) is 11.1 Å². The van der Waals surface area contributed by atoms with Crippen molar-refractivity contribution in [3.63, 3.8) is 0 Å². The second-order valence-electron chi connectivity index (χ2n) is 5.97. The molecule has 0 saturated carbocycles. The molecule has 1 aliphatic heterocycles. The Hall–Kier alpha value is -2.20. The normalized spacial score (nSPS) is 21.1. The van der Waals surface area contributed by atoms with E-state index in [1.165, 1.54) is 0 Å². The number of nitrogens with two attached hydrogens (primary N) is 1. The first-order chi connectivity index (χ1) is 10.7. The Kier molecular flexibility index (Phi) is 4.20. The summed E-state index contributed by atoms with van der Waals surface area (Å²) < 4.78 is 0. The SMILES string of the molecule is CC1CC(CN)CN1C(=O)c1cncc(-c2ccccc2)c1. The standard InChI is InChI=1S/C18H21N3O/c1-13-7-14(9-19)12-21(13)18(22)17-8-16(10-20-11-17)15-5-3-2-4-6-15/h2-6,8,10-11,13-14H,7,9,12,19H2,1H3. The van der Waals surface area contributed by atoms with Gasteiger partial charge in [0, 0.05) is 30.5 Å². The number of nitrogens with zero attached hydrogens (tertiary/aromatic N) is 2. The predicted octanol–water partition coefficient (Wildman–Crippen LogP) is 2.56. The summed E-state index contributed by atoms with van der Waals surface area (Å²) in [6.07, 6.45) is 4.42. The van der Waals surface area contributed by atoms with Gasteiger partial charge in [-0.15, -0.1) is 0 Å². The maximum atomic E-state index is 12.7. The Morgan fingerprint density at radius 1 is 1.27 bits per heavy atom. The van der Waals surface area contributed by atoms with E-state index in [0.717, 1.165) is 24.1 Å². The number of carbonyl (C=O) groups is 1. The third kappa shape index (κ3) is 2.88. The van der Waals surface area contributed by atoms with Crippen LogP contribution in [0.2, 0.25) is 0 Å². The van der Waals surface area contributed by atoms with E-state index in [0.29, 0.717) is 18.0 Å². The monoisotopic (exact) mass is 295 g/mol. The average molecular weight is 295 g/mol. The molecule has 1 amide bonds. The zero-order valence-corrected chi connectivity index (χ0v) is 12.8. The van der Waals surface area contributed by atoms with Crippen LogP contribution < -0.4 is 5.73 Å². The zero-order chi connectivity index (χ0) is 15.5. The van der Waals surface area contributed by atoms with Crippen molar-refractivity contribution >= 4 is 5.91 Å². The summed E-state index contributed by atoms with van der Waals surface area (Å²) in [5, 5.41) is 0. The van der Waals surface area contributed by atoms with E-state index < -0.39 is 0 Å². The molecule has 0 aliphatic carbocycles. The average Bonchev–Trinajstić information content (AvgIpc) is 2.96. The highest BCUT2D eigenvalue weighted by Gasteiger charge is 2.32. The van der Waals surface area contributed by atoms with Crippen LogP contribution in [0.25, 0.3) is 11.1 Å². The number of amides is 1. The van der Waals surface area contributed by atoms with Crippen LogP contribution >= 0.6 is 0 Å². The van der Waals surface area contributed by atoms with Gasteiger partial charge in [-0.2, -0.15) is 0 Å². The molecule has 0 spiro atoms. The summed E-state index contributed by atoms with van der Waals surface area (Å²) in [6, 6.07) is 12.2. The fourth-order valence-corrected chi connectivity index (χ4v) is 3.11. The van der Waals surface area contributed by atoms with Crippen LogP contribution in [-0.2, 0) is 0 Å². The molecule has 22 heavy (non-hydrogen) atoms. The zero-order valence-electron chi connectivity index (χ0n) is 12.8. The summed E-state index contributed by atoms with van der Waals surface area (Å²) in [5.74, 6) is 0.456. The molecule has 2 heterocycles. The summed E-state index contributed by atoms with van der Waals surface area (Å²) >= 11 is 0. The van der Waals surface area contributed by atoms with Gasteiger partial charge in [-0.3, -0.25) is 9.78 Å². The van der Waals surface area contributed by atoms with E-state index in [4.69, 9.17) is 5.73 Å². The second kappa shape index (κ2) is 6.28. The Balaban J connectivity index is 1.85. The molecular weight excluding hydrogens is 274 g/mol. The molecule has 2 aromatic rings. The first-order valence-electron chi connectivity index (χ1n) is 7.70. The van der Waals surface area contributed by atoms with Crippen molar-refractivity contribution < 1.29 is 4.79 Å². The molecule has 1 fully saturated rings. The molecule has 4 nitrogen and oxygen atoms in total. The molecule has 3 rings (SSSR count). The van der Waals surface area contributed by atoms with Crippen LogP contribution in [0.15, 0.2) is 48.8 Å². The van der Waals surface area contributed by atoms with Gasteiger partial charge in [0.25, 0.3) is 5.91 Å². The van der Waals surface area contributed by atoms with E-state index in [-0.39, 0.29) is 11.9 Å². The molecule has 114 valence electrons. The number of aromatic nitrogens is 1. The van der Waals surface area contributed by atoms with Crippen LogP contribution in [-0.4, -0.2) is 34.9 Å². The second-order valence-corrected chi connectivity index (χ2v) is 5.97. The van der Waals surface area contributed by atoms with E-state index in [2.05, 4.69) is 11.9 Å². The van der Waals surface area contributed by atoms with E-state index in [1.54, 1.807) is 12.4 Å². The number of hydrogen-bond acceptors (Lipinski definition) is 3. The van der Waals surface area contributed by atoms with Crippen LogP contribution in [0.5, 0.6) is 0 Å². The molecule has 2 N–H and O–H groups in total. The molecular formula is C18H21N3O. The quantitative estimate of drug-likeness (QED) is 0.946. The topological polar surface area (TPSA) is 59.2 Å². The first-order valence-corrected chi connectivity index (χ1v) is 7.70. The fourth-order valence-electron chi connectivity index (χ4n) is 3.11. The minimum atomic E-state index is 0.0498. The predicted molar refractivity (Wildman–Crippen MR) is 87.3 cm³/mol. The van der Waals surface area contributed by atoms with E-state index in [9.17, 15) is 4.79 Å². The van der Waals surface area contributed by atoms with Crippen LogP contribution in [0, 0.1) is 5.92 Å². The first kappa shape index (κ1) is 14.7. The number of hydrogen-bond donors (Lipinski definition) is 1. The lowest BCUT2D eigenvalue weighted by Gasteiger charge is -2.21. The molecule has 1 aliphatic rings. The lowest BCUT2D eigenvalue weighted by atomic mass is 10.1. The molecule has 2 atom stereocenters. The van der Waals surface area contributed by atoms with Gasteiger partial charge in [0.05, 0.1) is 5.56 Å². The van der Waals surface area contributed by atoms with Crippen molar-refractivity contribution in [2.75, 3.05) is 13.1 Å². The number of rotatable bonds is 3. The van der Waals surface area contributed by atoms with Crippen molar-refractivity contribution in [1.29, 1.82) is 0 Å². The van der Waals surface area contributed by atoms with Crippen LogP contribution in [0.1, 0.15) is 23.7 Å². The summed E-state index contributed by atoms with van der Waals surface area (Å²) in [4.78, 5) is 18.9. The Morgan fingerprint density at radius 3 is 2.73 bits per heavy atom. The van der Waals surface area contributed by atoms with Gasteiger partial charge in [-0.05, 0) is 37.4 Å². The molecule has 0 bridgehead atoms. The highest BCUT2D eigenvalue weighted by atomic mass is 16.2. The summed E-state index contributed by atoms with van der Waals surface area (Å²) in [6.45, 7) is 3.46. The third-order valence-corrected chi connectivity index (χ3v) is 4.35. The maximum Gasteiger partial charge on any atom is 0.255 e. The highest BCUT2D eigenvalue weighted by Crippen LogP contribution is 2.25. The minimum absolute atomic E-state index is 0.0498. The van der Waals surface area contributed by atoms with Crippen molar-refractivity contribution in [2.24, 2.45) is 11.7 Å². The summed E-state index contributed by atoms with van der Waals surface area (Å²) in [5.41, 5.74) is 8.43. The lowest BCUT2D eigenvalue weighted by molar-refractivity contribution is 0.0743. The lowest BCUT2D eigenvalue weighted by Crippen LogP contribution is -2.34. The number of pyridine rings is 1. The van der Waals surface area contributed by atoms with Gasteiger partial charge >= 0.3 is 0 Å². The van der Waals surface area contributed by atoms with Crippen molar-refractivity contribution in [1.82, 2.24) is 9.88 Å². The molecule has 1 aromatic heterocycles. The van der Waals surface area contributed by atoms with E-state index >= 15 is 0 Å². The minimum Gasteiger partial charge on any atom is -0.336 e. The van der Waals surface area contributed by atoms with Crippen molar-refractivity contribution in [2.45, 2.75) is 19.4 Å². The van der Waals surface area contributed by atoms with Gasteiger partial charge in [0.2, 0.25) is 0 Å². The third-order valence-electron chi connectivity index (χ3n) is 4.35. The fraction of sp³-hybridized carbons (Fsp3) is 0.333. The highest BCUT2D eigenvalue weighted by molar-refractivity contribution is 5.95. The van der Waals surface area contributed by atoms with Crippen LogP contribution in [0.3, 0.4) is 0 Å². The Labute approximate surface area is 131 Å². The Morgan fingerprint density at radius 2 is 2.05 bits per heavy atom. The maximum absolute atomic E-state index is 12.7. The summed E-state index contributed by atoms with van der Waals surface area (Å²) in [7, 11) is 0. The number of benzene rings is 1. The van der Waals surface area contributed by atoms with Gasteiger partial charge in [-0.25, -0.2) is 0 Å². The smallest absolute Gasteiger partial charge is 0.255 e. The van der Waals surface area contributed by atoms with Gasteiger partial charge < -0.3 is 10.6 Å². The van der Waals surface area contributed by atoms with E-state index in [1.807, 2.05) is 41.3 Å². The number of carbonyl (C=O) groups excluding carboxylic acids is 1. The van der Waals surface area contributed by atoms with Crippen molar-refractivity contribution in [3.05, 3.63) is 54.4 Å². The molecule has 4 heteroatoms. The largest absolute Gasteiger partial charge is 0.336 e. The molecule has 1 aromatic carbocycles. The molecule has 0 radical (unpaired) electrons. The molecule has 2 unspecified atom stereocenters. The van der Waals surface area contributed by atoms with Gasteiger partial charge in [0.1, 0.15) is 0 Å². The van der Waals surface area contributed by atoms with Crippen LogP contribution in [0.4, 0.5) is 0 Å². The Bertz CT molecular complexity index is 656. The molecule has 1 saturated heterocycles. The van der Waals surface area contributed by atoms with Gasteiger partial charge in [0.15, 0.2) is 0 Å².